The molecule has 0 radical (unpaired) electrons. The van der Waals surface area contributed by atoms with Crippen molar-refractivity contribution in [3.63, 3.8) is 0 Å². The molecule has 138 valence electrons. The maximum atomic E-state index is 12.3. The van der Waals surface area contributed by atoms with Gasteiger partial charge in [-0.15, -0.1) is 0 Å². The van der Waals surface area contributed by atoms with Crippen molar-refractivity contribution in [1.82, 2.24) is 10.2 Å². The Bertz CT molecular complexity index is 571. The van der Waals surface area contributed by atoms with E-state index in [1.54, 1.807) is 0 Å². The van der Waals surface area contributed by atoms with Crippen molar-refractivity contribution in [3.8, 4) is 0 Å². The summed E-state index contributed by atoms with van der Waals surface area (Å²) >= 11 is 1.90. The lowest BCUT2D eigenvalue weighted by Crippen LogP contribution is -2.39. The molecule has 1 aliphatic heterocycles. The van der Waals surface area contributed by atoms with Crippen LogP contribution >= 0.6 is 11.8 Å². The number of carbonyl (C=O) groups is 2. The molecule has 2 rings (SSSR count). The molecule has 2 atom stereocenters. The molecule has 25 heavy (non-hydrogen) atoms. The van der Waals surface area contributed by atoms with Crippen LogP contribution < -0.4 is 10.6 Å². The summed E-state index contributed by atoms with van der Waals surface area (Å²) in [6.07, 6.45) is 1.45. The second kappa shape index (κ2) is 9.70. The lowest BCUT2D eigenvalue weighted by Gasteiger charge is -2.26. The van der Waals surface area contributed by atoms with Gasteiger partial charge in [0.05, 0.1) is 6.42 Å². The number of thioether (sulfide) groups is 1. The normalized spacial score (nSPS) is 16.8. The molecule has 1 fully saturated rings. The third-order valence-electron chi connectivity index (χ3n) is 4.79. The first-order chi connectivity index (χ1) is 12.0. The molecule has 0 saturated carbocycles. The largest absolute Gasteiger partial charge is 0.341 e. The minimum absolute atomic E-state index is 0.129. The van der Waals surface area contributed by atoms with Gasteiger partial charge in [-0.1, -0.05) is 32.4 Å². The van der Waals surface area contributed by atoms with Gasteiger partial charge in [0.2, 0.25) is 5.91 Å². The zero-order chi connectivity index (χ0) is 18.2. The second-order valence-corrected chi connectivity index (χ2v) is 7.86. The maximum Gasteiger partial charge on any atom is 0.319 e. The molecule has 0 aliphatic carbocycles. The smallest absolute Gasteiger partial charge is 0.319 e. The molecule has 2 N–H and O–H groups in total. The second-order valence-electron chi connectivity index (χ2n) is 6.64. The number of hydrogen-bond acceptors (Lipinski definition) is 3. The molecule has 2 unspecified atom stereocenters. The average molecular weight is 364 g/mol. The van der Waals surface area contributed by atoms with Gasteiger partial charge in [0.25, 0.3) is 0 Å². The predicted molar refractivity (Wildman–Crippen MR) is 105 cm³/mol. The summed E-state index contributed by atoms with van der Waals surface area (Å²) < 4.78 is 0. The lowest BCUT2D eigenvalue weighted by molar-refractivity contribution is -0.130. The van der Waals surface area contributed by atoms with Gasteiger partial charge in [0, 0.05) is 36.3 Å². The summed E-state index contributed by atoms with van der Waals surface area (Å²) in [7, 11) is 0. The summed E-state index contributed by atoms with van der Waals surface area (Å²) in [6.45, 7) is 7.94. The quantitative estimate of drug-likeness (QED) is 0.815. The van der Waals surface area contributed by atoms with Crippen molar-refractivity contribution >= 4 is 29.4 Å². The van der Waals surface area contributed by atoms with Crippen LogP contribution in [0.5, 0.6) is 0 Å². The molecule has 0 bridgehead atoms. The van der Waals surface area contributed by atoms with Gasteiger partial charge in [-0.05, 0) is 30.5 Å². The van der Waals surface area contributed by atoms with Crippen LogP contribution in [-0.4, -0.2) is 47.5 Å². The Morgan fingerprint density at radius 2 is 1.80 bits per heavy atom. The van der Waals surface area contributed by atoms with Crippen LogP contribution in [0.1, 0.15) is 32.8 Å². The molecule has 0 spiro atoms. The molecule has 6 heteroatoms. The van der Waals surface area contributed by atoms with Crippen LogP contribution in [0, 0.1) is 5.92 Å². The minimum Gasteiger partial charge on any atom is -0.341 e. The third kappa shape index (κ3) is 6.27. The molecule has 1 saturated heterocycles. The molecule has 1 heterocycles. The topological polar surface area (TPSA) is 61.4 Å². The van der Waals surface area contributed by atoms with Gasteiger partial charge in [0.15, 0.2) is 0 Å². The predicted octanol–water partition coefficient (Wildman–Crippen LogP) is 3.36. The number of benzene rings is 1. The molecular weight excluding hydrogens is 334 g/mol. The monoisotopic (exact) mass is 363 g/mol. The van der Waals surface area contributed by atoms with Crippen molar-refractivity contribution in [3.05, 3.63) is 29.8 Å². The van der Waals surface area contributed by atoms with E-state index in [2.05, 4.69) is 24.5 Å². The number of anilines is 1. The summed E-state index contributed by atoms with van der Waals surface area (Å²) in [6, 6.07) is 7.45. The average Bonchev–Trinajstić information content (AvgIpc) is 2.63. The highest BCUT2D eigenvalue weighted by molar-refractivity contribution is 7.99. The lowest BCUT2D eigenvalue weighted by atomic mass is 10.0. The van der Waals surface area contributed by atoms with E-state index in [0.717, 1.165) is 42.3 Å². The van der Waals surface area contributed by atoms with E-state index in [0.29, 0.717) is 12.3 Å². The zero-order valence-electron chi connectivity index (χ0n) is 15.4. The van der Waals surface area contributed by atoms with Gasteiger partial charge < -0.3 is 15.5 Å². The summed E-state index contributed by atoms with van der Waals surface area (Å²) in [5.41, 5.74) is 1.71. The molecule has 3 amide bonds. The zero-order valence-corrected chi connectivity index (χ0v) is 16.2. The Hall–Kier alpha value is -1.69. The molecule has 1 aromatic rings. The first kappa shape index (κ1) is 19.6. The van der Waals surface area contributed by atoms with E-state index < -0.39 is 0 Å². The number of urea groups is 1. The number of nitrogens with zero attached hydrogens (tertiary/aromatic N) is 1. The Morgan fingerprint density at radius 1 is 1.16 bits per heavy atom. The highest BCUT2D eigenvalue weighted by Gasteiger charge is 2.17. The van der Waals surface area contributed by atoms with Crippen molar-refractivity contribution in [2.24, 2.45) is 5.92 Å². The van der Waals surface area contributed by atoms with E-state index in [-0.39, 0.29) is 18.0 Å². The number of amides is 3. The van der Waals surface area contributed by atoms with E-state index in [1.807, 2.05) is 47.9 Å². The van der Waals surface area contributed by atoms with Crippen molar-refractivity contribution < 1.29 is 9.59 Å². The minimum atomic E-state index is -0.192. The third-order valence-corrected chi connectivity index (χ3v) is 5.73. The van der Waals surface area contributed by atoms with E-state index >= 15 is 0 Å². The van der Waals surface area contributed by atoms with Gasteiger partial charge in [-0.3, -0.25) is 4.79 Å². The molecular formula is C19H29N3O2S. The molecule has 5 nitrogen and oxygen atoms in total. The fraction of sp³-hybridized carbons (Fsp3) is 0.579. The Balaban J connectivity index is 1.82. The Labute approximate surface area is 154 Å². The van der Waals surface area contributed by atoms with Gasteiger partial charge in [0.1, 0.15) is 0 Å². The van der Waals surface area contributed by atoms with Crippen molar-refractivity contribution in [1.29, 1.82) is 0 Å². The SMILES string of the molecule is CCC(C)C(C)NC(=O)Nc1ccc(CC(=O)N2CCSCC2)cc1. The van der Waals surface area contributed by atoms with Crippen molar-refractivity contribution in [2.45, 2.75) is 39.7 Å². The summed E-state index contributed by atoms with van der Waals surface area (Å²) in [5.74, 6) is 2.67. The van der Waals surface area contributed by atoms with Crippen LogP contribution in [0.2, 0.25) is 0 Å². The van der Waals surface area contributed by atoms with Gasteiger partial charge in [-0.25, -0.2) is 4.79 Å². The molecule has 1 aromatic carbocycles. The number of hydrogen-bond donors (Lipinski definition) is 2. The van der Waals surface area contributed by atoms with E-state index in [9.17, 15) is 9.59 Å². The van der Waals surface area contributed by atoms with Crippen LogP contribution in [0.15, 0.2) is 24.3 Å². The van der Waals surface area contributed by atoms with Gasteiger partial charge >= 0.3 is 6.03 Å². The number of nitrogens with one attached hydrogen (secondary N) is 2. The van der Waals surface area contributed by atoms with Crippen molar-refractivity contribution in [2.75, 3.05) is 29.9 Å². The fourth-order valence-corrected chi connectivity index (χ4v) is 3.58. The maximum absolute atomic E-state index is 12.3. The number of rotatable bonds is 6. The standard InChI is InChI=1S/C19H29N3O2S/c1-4-14(2)15(3)20-19(24)21-17-7-5-16(6-8-17)13-18(23)22-9-11-25-12-10-22/h5-8,14-15H,4,9-13H2,1-3H3,(H2,20,21,24). The first-order valence-electron chi connectivity index (χ1n) is 9.01. The van der Waals surface area contributed by atoms with E-state index in [1.165, 1.54) is 0 Å². The van der Waals surface area contributed by atoms with Crippen LogP contribution in [0.25, 0.3) is 0 Å². The van der Waals surface area contributed by atoms with Crippen LogP contribution in [0.3, 0.4) is 0 Å². The first-order valence-corrected chi connectivity index (χ1v) is 10.2. The fourth-order valence-electron chi connectivity index (χ4n) is 2.67. The van der Waals surface area contributed by atoms with Gasteiger partial charge in [-0.2, -0.15) is 11.8 Å². The number of carbonyl (C=O) groups excluding carboxylic acids is 2. The summed E-state index contributed by atoms with van der Waals surface area (Å²) in [5, 5.41) is 5.80. The van der Waals surface area contributed by atoms with Crippen LogP contribution in [0.4, 0.5) is 10.5 Å². The highest BCUT2D eigenvalue weighted by Crippen LogP contribution is 2.14. The van der Waals surface area contributed by atoms with E-state index in [4.69, 9.17) is 0 Å². The Morgan fingerprint density at radius 3 is 2.40 bits per heavy atom. The molecule has 1 aliphatic rings. The Kier molecular flexibility index (Phi) is 7.62. The summed E-state index contributed by atoms with van der Waals surface area (Å²) in [4.78, 5) is 26.2. The van der Waals surface area contributed by atoms with Crippen LogP contribution in [-0.2, 0) is 11.2 Å². The molecule has 0 aromatic heterocycles. The highest BCUT2D eigenvalue weighted by atomic mass is 32.2.